The van der Waals surface area contributed by atoms with E-state index in [1.54, 1.807) is 17.8 Å². The maximum Gasteiger partial charge on any atom is 0.127 e. The van der Waals surface area contributed by atoms with E-state index in [9.17, 15) is 4.39 Å². The third kappa shape index (κ3) is 4.76. The zero-order chi connectivity index (χ0) is 11.1. The summed E-state index contributed by atoms with van der Waals surface area (Å²) in [6.07, 6.45) is 0. The van der Waals surface area contributed by atoms with Gasteiger partial charge in [-0.2, -0.15) is 11.8 Å². The van der Waals surface area contributed by atoms with E-state index in [-0.39, 0.29) is 5.82 Å². The van der Waals surface area contributed by atoms with Crippen LogP contribution in [0.3, 0.4) is 0 Å². The smallest absolute Gasteiger partial charge is 0.127 e. The summed E-state index contributed by atoms with van der Waals surface area (Å²) in [6.45, 7) is 2.70. The Morgan fingerprint density at radius 2 is 2.20 bits per heavy atom. The molecule has 84 valence electrons. The van der Waals surface area contributed by atoms with Gasteiger partial charge in [0.1, 0.15) is 11.6 Å². The Morgan fingerprint density at radius 3 is 2.87 bits per heavy atom. The van der Waals surface area contributed by atoms with Gasteiger partial charge in [-0.25, -0.2) is 4.39 Å². The molecule has 0 atom stereocenters. The lowest BCUT2D eigenvalue weighted by molar-refractivity contribution is 0.341. The van der Waals surface area contributed by atoms with Crippen molar-refractivity contribution in [3.8, 4) is 5.75 Å². The van der Waals surface area contributed by atoms with Crippen LogP contribution in [0, 0.1) is 5.82 Å². The molecule has 0 N–H and O–H groups in total. The summed E-state index contributed by atoms with van der Waals surface area (Å²) in [5.74, 6) is 2.55. The summed E-state index contributed by atoms with van der Waals surface area (Å²) < 4.78 is 18.5. The van der Waals surface area contributed by atoms with Gasteiger partial charge in [0.15, 0.2) is 0 Å². The van der Waals surface area contributed by atoms with E-state index in [0.717, 1.165) is 17.1 Å². The Morgan fingerprint density at radius 1 is 1.40 bits per heavy atom. The van der Waals surface area contributed by atoms with Crippen LogP contribution in [0.25, 0.3) is 0 Å². The number of hydrogen-bond donors (Lipinski definition) is 0. The fourth-order valence-corrected chi connectivity index (χ4v) is 1.79. The van der Waals surface area contributed by atoms with Crippen molar-refractivity contribution in [3.05, 3.63) is 29.6 Å². The van der Waals surface area contributed by atoms with Crippen LogP contribution in [0.2, 0.25) is 0 Å². The van der Waals surface area contributed by atoms with Gasteiger partial charge in [-0.3, -0.25) is 0 Å². The Kier molecular flexibility index (Phi) is 5.88. The minimum atomic E-state index is -0.300. The summed E-state index contributed by atoms with van der Waals surface area (Å²) in [5, 5.41) is 0. The van der Waals surface area contributed by atoms with Crippen LogP contribution in [0.5, 0.6) is 5.75 Å². The monoisotopic (exact) mass is 248 g/mol. The first-order valence-corrected chi connectivity index (χ1v) is 6.51. The average molecular weight is 249 g/mol. The molecular formula is C11H14ClFOS. The van der Waals surface area contributed by atoms with E-state index >= 15 is 0 Å². The number of alkyl halides is 1. The number of thioether (sulfide) groups is 1. The number of halogens is 2. The Labute approximate surface area is 99.0 Å². The summed E-state index contributed by atoms with van der Waals surface area (Å²) in [4.78, 5) is 0. The first-order valence-electron chi connectivity index (χ1n) is 4.82. The molecule has 0 heterocycles. The summed E-state index contributed by atoms with van der Waals surface area (Å²) >= 11 is 7.42. The van der Waals surface area contributed by atoms with E-state index in [0.29, 0.717) is 18.2 Å². The van der Waals surface area contributed by atoms with Crippen LogP contribution < -0.4 is 4.74 Å². The Bertz CT molecular complexity index is 307. The van der Waals surface area contributed by atoms with E-state index < -0.39 is 0 Å². The third-order valence-corrected chi connectivity index (χ3v) is 2.96. The van der Waals surface area contributed by atoms with Crippen LogP contribution in [-0.4, -0.2) is 18.1 Å². The lowest BCUT2D eigenvalue weighted by Crippen LogP contribution is -2.01. The van der Waals surface area contributed by atoms with Gasteiger partial charge < -0.3 is 4.74 Å². The topological polar surface area (TPSA) is 9.23 Å². The second-order valence-corrected chi connectivity index (χ2v) is 4.64. The SMILES string of the molecule is CCSCCOc1cc(F)cc(CCl)c1. The molecular weight excluding hydrogens is 235 g/mol. The van der Waals surface area contributed by atoms with Gasteiger partial charge in [-0.1, -0.05) is 6.92 Å². The minimum Gasteiger partial charge on any atom is -0.493 e. The fourth-order valence-electron chi connectivity index (χ4n) is 1.14. The van der Waals surface area contributed by atoms with Gasteiger partial charge in [0, 0.05) is 17.7 Å². The van der Waals surface area contributed by atoms with Crippen molar-refractivity contribution in [1.82, 2.24) is 0 Å². The second-order valence-electron chi connectivity index (χ2n) is 2.97. The molecule has 0 aliphatic rings. The van der Waals surface area contributed by atoms with Crippen LogP contribution in [0.15, 0.2) is 18.2 Å². The van der Waals surface area contributed by atoms with E-state index in [1.807, 2.05) is 0 Å². The predicted octanol–water partition coefficient (Wildman–Crippen LogP) is 3.70. The highest BCUT2D eigenvalue weighted by Crippen LogP contribution is 2.18. The molecule has 1 aromatic carbocycles. The van der Waals surface area contributed by atoms with Gasteiger partial charge >= 0.3 is 0 Å². The van der Waals surface area contributed by atoms with Gasteiger partial charge in [0.25, 0.3) is 0 Å². The molecule has 0 amide bonds. The Balaban J connectivity index is 2.49. The average Bonchev–Trinajstić information content (AvgIpc) is 2.23. The lowest BCUT2D eigenvalue weighted by Gasteiger charge is -2.07. The van der Waals surface area contributed by atoms with Gasteiger partial charge in [-0.05, 0) is 23.4 Å². The molecule has 0 bridgehead atoms. The fraction of sp³-hybridized carbons (Fsp3) is 0.455. The quantitative estimate of drug-likeness (QED) is 0.561. The molecule has 0 aliphatic heterocycles. The minimum absolute atomic E-state index is 0.300. The molecule has 0 aliphatic carbocycles. The van der Waals surface area contributed by atoms with Gasteiger partial charge in [0.05, 0.1) is 6.61 Å². The molecule has 4 heteroatoms. The van der Waals surface area contributed by atoms with Crippen LogP contribution in [0.1, 0.15) is 12.5 Å². The molecule has 0 radical (unpaired) electrons. The zero-order valence-corrected chi connectivity index (χ0v) is 10.2. The normalized spacial score (nSPS) is 10.3. The summed E-state index contributed by atoms with van der Waals surface area (Å²) in [7, 11) is 0. The predicted molar refractivity (Wildman–Crippen MR) is 64.5 cm³/mol. The number of hydrogen-bond acceptors (Lipinski definition) is 2. The van der Waals surface area contributed by atoms with Crippen molar-refractivity contribution in [2.24, 2.45) is 0 Å². The highest BCUT2D eigenvalue weighted by Gasteiger charge is 2.00. The number of ether oxygens (including phenoxy) is 1. The largest absolute Gasteiger partial charge is 0.493 e. The molecule has 1 aromatic rings. The first kappa shape index (κ1) is 12.7. The van der Waals surface area contributed by atoms with Crippen molar-refractivity contribution in [3.63, 3.8) is 0 Å². The molecule has 15 heavy (non-hydrogen) atoms. The summed E-state index contributed by atoms with van der Waals surface area (Å²) in [5.41, 5.74) is 0.745. The zero-order valence-electron chi connectivity index (χ0n) is 8.63. The maximum atomic E-state index is 13.0. The highest BCUT2D eigenvalue weighted by molar-refractivity contribution is 7.99. The molecule has 0 fully saturated rings. The van der Waals surface area contributed by atoms with E-state index in [1.165, 1.54) is 12.1 Å². The third-order valence-electron chi connectivity index (χ3n) is 1.79. The van der Waals surface area contributed by atoms with Gasteiger partial charge in [0.2, 0.25) is 0 Å². The van der Waals surface area contributed by atoms with Crippen molar-refractivity contribution < 1.29 is 9.13 Å². The number of benzene rings is 1. The Hall–Kier alpha value is -0.410. The lowest BCUT2D eigenvalue weighted by atomic mass is 10.2. The second kappa shape index (κ2) is 6.96. The maximum absolute atomic E-state index is 13.0. The van der Waals surface area contributed by atoms with Crippen LogP contribution in [-0.2, 0) is 5.88 Å². The van der Waals surface area contributed by atoms with Gasteiger partial charge in [-0.15, -0.1) is 11.6 Å². The standard InChI is InChI=1S/C11H14ClFOS/c1-2-15-4-3-14-11-6-9(8-12)5-10(13)7-11/h5-7H,2-4,8H2,1H3. The van der Waals surface area contributed by atoms with E-state index in [4.69, 9.17) is 16.3 Å². The van der Waals surface area contributed by atoms with Crippen LogP contribution >= 0.6 is 23.4 Å². The number of rotatable bonds is 6. The van der Waals surface area contributed by atoms with E-state index in [2.05, 4.69) is 6.92 Å². The van der Waals surface area contributed by atoms with Crippen molar-refractivity contribution in [2.75, 3.05) is 18.1 Å². The molecule has 0 unspecified atom stereocenters. The molecule has 0 spiro atoms. The molecule has 0 saturated carbocycles. The first-order chi connectivity index (χ1) is 7.26. The molecule has 1 rings (SSSR count). The molecule has 0 saturated heterocycles. The van der Waals surface area contributed by atoms with Crippen LogP contribution in [0.4, 0.5) is 4.39 Å². The van der Waals surface area contributed by atoms with Crippen molar-refractivity contribution >= 4 is 23.4 Å². The summed E-state index contributed by atoms with van der Waals surface area (Å²) in [6, 6.07) is 4.57. The molecule has 0 aromatic heterocycles. The highest BCUT2D eigenvalue weighted by atomic mass is 35.5. The van der Waals surface area contributed by atoms with Crippen molar-refractivity contribution in [1.29, 1.82) is 0 Å². The molecule has 1 nitrogen and oxygen atoms in total. The van der Waals surface area contributed by atoms with Crippen molar-refractivity contribution in [2.45, 2.75) is 12.8 Å².